The zero-order valence-electron chi connectivity index (χ0n) is 24.9. The van der Waals surface area contributed by atoms with E-state index in [1.807, 2.05) is 51.1 Å². The van der Waals surface area contributed by atoms with Crippen LogP contribution in [0, 0.1) is 0 Å². The van der Waals surface area contributed by atoms with Crippen LogP contribution in [0.3, 0.4) is 0 Å². The van der Waals surface area contributed by atoms with E-state index < -0.39 is 26.1 Å². The van der Waals surface area contributed by atoms with E-state index in [9.17, 15) is 9.59 Å². The number of hydroxylamine groups is 2. The first-order valence-corrected chi connectivity index (χ1v) is 16.8. The number of ether oxygens (including phenoxy) is 1. The highest BCUT2D eigenvalue weighted by atomic mass is 28.4. The van der Waals surface area contributed by atoms with Gasteiger partial charge in [-0.05, 0) is 57.3 Å². The molecule has 3 atom stereocenters. The third kappa shape index (κ3) is 7.02. The number of hydrogen-bond donors (Lipinski definition) is 1. The fraction of sp³-hybridized carbons (Fsp3) is 0.643. The number of carbonyl (C=O) groups excluding carboxylic acids is 2. The van der Waals surface area contributed by atoms with Crippen molar-refractivity contribution >= 4 is 20.4 Å². The summed E-state index contributed by atoms with van der Waals surface area (Å²) in [5.74, 6) is 0.620. The van der Waals surface area contributed by atoms with Gasteiger partial charge in [0.25, 0.3) is 0 Å². The number of amides is 3. The molecule has 0 aliphatic carbocycles. The second-order valence-corrected chi connectivity index (χ2v) is 17.8. The molecule has 2 saturated heterocycles. The van der Waals surface area contributed by atoms with Gasteiger partial charge in [0, 0.05) is 6.54 Å². The van der Waals surface area contributed by atoms with Gasteiger partial charge in [0.15, 0.2) is 8.32 Å². The molecule has 1 N–H and O–H groups in total. The summed E-state index contributed by atoms with van der Waals surface area (Å²) in [6, 6.07) is 9.18. The second kappa shape index (κ2) is 11.5. The van der Waals surface area contributed by atoms with Crippen LogP contribution in [0.15, 0.2) is 34.7 Å². The molecule has 3 amide bonds. The van der Waals surface area contributed by atoms with Gasteiger partial charge in [-0.3, -0.25) is 4.84 Å². The Morgan fingerprint density at radius 1 is 1.12 bits per heavy atom. The van der Waals surface area contributed by atoms with E-state index in [4.69, 9.17) is 18.4 Å². The molecule has 2 aromatic rings. The summed E-state index contributed by atoms with van der Waals surface area (Å²) >= 11 is 0. The van der Waals surface area contributed by atoms with Crippen LogP contribution in [0.2, 0.25) is 18.1 Å². The second-order valence-electron chi connectivity index (χ2n) is 13.0. The zero-order chi connectivity index (χ0) is 29.3. The highest BCUT2D eigenvalue weighted by Gasteiger charge is 2.48. The highest BCUT2D eigenvalue weighted by Crippen LogP contribution is 2.41. The van der Waals surface area contributed by atoms with Gasteiger partial charge in [-0.1, -0.05) is 51.1 Å². The number of aromatic nitrogens is 2. The summed E-state index contributed by atoms with van der Waals surface area (Å²) in [7, 11) is -2.28. The zero-order valence-corrected chi connectivity index (χ0v) is 25.9. The third-order valence-electron chi connectivity index (χ3n) is 7.63. The molecule has 2 fully saturated rings. The quantitative estimate of drug-likeness (QED) is 0.378. The van der Waals surface area contributed by atoms with Gasteiger partial charge in [-0.2, -0.15) is 5.06 Å². The molecule has 2 aliphatic rings. The number of urea groups is 1. The van der Waals surface area contributed by atoms with Crippen LogP contribution in [-0.2, 0) is 20.6 Å². The summed E-state index contributed by atoms with van der Waals surface area (Å²) in [4.78, 5) is 33.3. The number of rotatable bonds is 9. The standard InChI is InChI=1S/C28H43N5O6Si/c1-27(2,3)38-25(34)29-16-22(39-40(7,8)28(4,5)6)24-31-30-23(37-24)21-15-14-20-17-32(21)26(35)33(20)36-18-19-12-10-9-11-13-19/h9-13,20-22H,14-18H2,1-8H3,(H,29,34)/t20-,21+,22-/m1/s1. The number of carbonyl (C=O) groups is 2. The summed E-state index contributed by atoms with van der Waals surface area (Å²) in [6.07, 6.45) is 0.218. The van der Waals surface area contributed by atoms with E-state index in [1.165, 1.54) is 5.06 Å². The fourth-order valence-corrected chi connectivity index (χ4v) is 5.74. The molecule has 1 aromatic carbocycles. The van der Waals surface area contributed by atoms with Crippen LogP contribution in [0.4, 0.5) is 9.59 Å². The first-order valence-electron chi connectivity index (χ1n) is 13.9. The molecule has 11 nitrogen and oxygen atoms in total. The molecule has 12 heteroatoms. The predicted octanol–water partition coefficient (Wildman–Crippen LogP) is 5.73. The van der Waals surface area contributed by atoms with Crippen molar-refractivity contribution in [1.82, 2.24) is 25.5 Å². The lowest BCUT2D eigenvalue weighted by Crippen LogP contribution is -2.44. The summed E-state index contributed by atoms with van der Waals surface area (Å²) in [5, 5.41) is 12.8. The summed E-state index contributed by atoms with van der Waals surface area (Å²) in [5.41, 5.74) is 0.370. The Bertz CT molecular complexity index is 1180. The minimum Gasteiger partial charge on any atom is -0.444 e. The Kier molecular flexibility index (Phi) is 8.62. The molecule has 0 spiro atoms. The maximum absolute atomic E-state index is 13.3. The van der Waals surface area contributed by atoms with E-state index in [2.05, 4.69) is 49.4 Å². The molecule has 0 unspecified atom stereocenters. The van der Waals surface area contributed by atoms with E-state index in [1.54, 1.807) is 4.90 Å². The maximum atomic E-state index is 13.3. The fourth-order valence-electron chi connectivity index (χ4n) is 4.49. The van der Waals surface area contributed by atoms with Gasteiger partial charge in [-0.15, -0.1) is 10.2 Å². The Morgan fingerprint density at radius 3 is 2.48 bits per heavy atom. The lowest BCUT2D eigenvalue weighted by molar-refractivity contribution is -0.140. The largest absolute Gasteiger partial charge is 0.444 e. The normalized spacial score (nSPS) is 20.6. The van der Waals surface area contributed by atoms with Crippen molar-refractivity contribution in [1.29, 1.82) is 0 Å². The monoisotopic (exact) mass is 573 g/mol. The first kappa shape index (κ1) is 30.0. The SMILES string of the molecule is CC(C)(C)OC(=O)NC[C@@H](O[Si](C)(C)C(C)(C)C)c1nnc([C@@H]2CC[C@@H]3CN2C(=O)N3OCc2ccccc2)o1. The highest BCUT2D eigenvalue weighted by molar-refractivity contribution is 6.74. The van der Waals surface area contributed by atoms with E-state index in [0.717, 1.165) is 12.0 Å². The smallest absolute Gasteiger partial charge is 0.407 e. The molecule has 4 rings (SSSR count). The molecule has 2 aliphatic heterocycles. The van der Waals surface area contributed by atoms with Crippen molar-refractivity contribution in [3.63, 3.8) is 0 Å². The molecular formula is C28H43N5O6Si. The molecule has 0 saturated carbocycles. The van der Waals surface area contributed by atoms with E-state index >= 15 is 0 Å². The Morgan fingerprint density at radius 2 is 1.82 bits per heavy atom. The Labute approximate surface area is 237 Å². The van der Waals surface area contributed by atoms with Crippen molar-refractivity contribution in [2.45, 2.75) is 103 Å². The average molecular weight is 574 g/mol. The summed E-state index contributed by atoms with van der Waals surface area (Å²) in [6.45, 7) is 17.1. The van der Waals surface area contributed by atoms with Crippen molar-refractivity contribution in [2.75, 3.05) is 13.1 Å². The molecular weight excluding hydrogens is 530 g/mol. The minimum absolute atomic E-state index is 0.0254. The molecule has 220 valence electrons. The molecule has 2 bridgehead atoms. The van der Waals surface area contributed by atoms with E-state index in [0.29, 0.717) is 25.5 Å². The Hall–Kier alpha value is -2.96. The van der Waals surface area contributed by atoms with Crippen molar-refractivity contribution in [3.8, 4) is 0 Å². The van der Waals surface area contributed by atoms with Crippen LogP contribution in [0.5, 0.6) is 0 Å². The molecule has 1 aromatic heterocycles. The van der Waals surface area contributed by atoms with Crippen LogP contribution >= 0.6 is 0 Å². The van der Waals surface area contributed by atoms with Gasteiger partial charge in [0.1, 0.15) is 24.4 Å². The first-order chi connectivity index (χ1) is 18.6. The van der Waals surface area contributed by atoms with Crippen LogP contribution < -0.4 is 5.32 Å². The van der Waals surface area contributed by atoms with E-state index in [-0.39, 0.29) is 35.6 Å². The molecule has 0 radical (unpaired) electrons. The van der Waals surface area contributed by atoms with Crippen molar-refractivity contribution in [3.05, 3.63) is 47.7 Å². The lowest BCUT2D eigenvalue weighted by Gasteiger charge is -2.38. The predicted molar refractivity (Wildman–Crippen MR) is 150 cm³/mol. The average Bonchev–Trinajstić information content (AvgIpc) is 3.43. The maximum Gasteiger partial charge on any atom is 0.407 e. The van der Waals surface area contributed by atoms with Gasteiger partial charge in [0.2, 0.25) is 11.8 Å². The third-order valence-corrected chi connectivity index (χ3v) is 12.1. The Balaban J connectivity index is 1.47. The number of nitrogens with zero attached hydrogens (tertiary/aromatic N) is 4. The topological polar surface area (TPSA) is 119 Å². The van der Waals surface area contributed by atoms with Crippen LogP contribution in [0.25, 0.3) is 0 Å². The minimum atomic E-state index is -2.28. The lowest BCUT2D eigenvalue weighted by atomic mass is 10.0. The number of fused-ring (bicyclic) bond motifs is 2. The summed E-state index contributed by atoms with van der Waals surface area (Å²) < 4.78 is 18.2. The molecule has 40 heavy (non-hydrogen) atoms. The number of piperidine rings is 1. The number of hydrogen-bond acceptors (Lipinski definition) is 8. The number of benzene rings is 1. The molecule has 3 heterocycles. The van der Waals surface area contributed by atoms with Gasteiger partial charge in [-0.25, -0.2) is 9.59 Å². The number of alkyl carbamates (subject to hydrolysis) is 1. The van der Waals surface area contributed by atoms with Crippen LogP contribution in [0.1, 0.15) is 83.9 Å². The van der Waals surface area contributed by atoms with Crippen molar-refractivity contribution < 1.29 is 28.0 Å². The van der Waals surface area contributed by atoms with Gasteiger partial charge in [0.05, 0.1) is 12.6 Å². The van der Waals surface area contributed by atoms with Crippen molar-refractivity contribution in [2.24, 2.45) is 0 Å². The van der Waals surface area contributed by atoms with Gasteiger partial charge < -0.3 is 23.8 Å². The van der Waals surface area contributed by atoms with Gasteiger partial charge >= 0.3 is 12.1 Å². The number of nitrogens with one attached hydrogen (secondary N) is 1. The van der Waals surface area contributed by atoms with Crippen LogP contribution in [-0.4, -0.2) is 65.3 Å².